The highest BCUT2D eigenvalue weighted by Gasteiger charge is 2.21. The summed E-state index contributed by atoms with van der Waals surface area (Å²) in [6.07, 6.45) is 0.720. The van der Waals surface area contributed by atoms with Crippen LogP contribution in [0.4, 0.5) is 5.69 Å². The molecular formula is C17H14N2O2. The summed E-state index contributed by atoms with van der Waals surface area (Å²) < 4.78 is 0. The number of aromatic carboxylic acids is 1. The Balaban J connectivity index is 1.89. The normalized spacial score (nSPS) is 13.4. The molecule has 21 heavy (non-hydrogen) atoms. The zero-order valence-electron chi connectivity index (χ0n) is 11.4. The summed E-state index contributed by atoms with van der Waals surface area (Å²) in [4.78, 5) is 13.5. The molecule has 3 rings (SSSR count). The Kier molecular flexibility index (Phi) is 3.33. The first-order chi connectivity index (χ1) is 10.2. The van der Waals surface area contributed by atoms with Crippen LogP contribution in [0.3, 0.4) is 0 Å². The Morgan fingerprint density at radius 1 is 1.19 bits per heavy atom. The zero-order valence-corrected chi connectivity index (χ0v) is 11.4. The first-order valence-corrected chi connectivity index (χ1v) is 6.78. The van der Waals surface area contributed by atoms with E-state index in [1.807, 2.05) is 18.2 Å². The number of carboxylic acids is 1. The van der Waals surface area contributed by atoms with Crippen LogP contribution in [0.25, 0.3) is 0 Å². The van der Waals surface area contributed by atoms with Crippen molar-refractivity contribution < 1.29 is 9.90 Å². The number of nitrogens with zero attached hydrogens (tertiary/aromatic N) is 2. The molecule has 0 fully saturated rings. The van der Waals surface area contributed by atoms with Crippen LogP contribution in [0.15, 0.2) is 42.5 Å². The average molecular weight is 278 g/mol. The number of hydrogen-bond acceptors (Lipinski definition) is 3. The number of benzene rings is 2. The van der Waals surface area contributed by atoms with Crippen LogP contribution in [0.5, 0.6) is 0 Å². The molecule has 4 heteroatoms. The third kappa shape index (κ3) is 2.46. The van der Waals surface area contributed by atoms with Crippen molar-refractivity contribution in [2.75, 3.05) is 11.4 Å². The first-order valence-electron chi connectivity index (χ1n) is 6.78. The summed E-state index contributed by atoms with van der Waals surface area (Å²) in [5, 5.41) is 18.1. The second-order valence-corrected chi connectivity index (χ2v) is 5.08. The van der Waals surface area contributed by atoms with E-state index in [0.29, 0.717) is 17.7 Å². The third-order valence-corrected chi connectivity index (χ3v) is 3.86. The van der Waals surface area contributed by atoms with Gasteiger partial charge in [0.2, 0.25) is 0 Å². The van der Waals surface area contributed by atoms with E-state index in [4.69, 9.17) is 5.26 Å². The van der Waals surface area contributed by atoms with Crippen molar-refractivity contribution in [1.29, 1.82) is 5.26 Å². The van der Waals surface area contributed by atoms with Crippen LogP contribution in [0, 0.1) is 11.3 Å². The topological polar surface area (TPSA) is 64.3 Å². The van der Waals surface area contributed by atoms with Crippen molar-refractivity contribution in [2.24, 2.45) is 0 Å². The van der Waals surface area contributed by atoms with Crippen molar-refractivity contribution in [3.63, 3.8) is 0 Å². The van der Waals surface area contributed by atoms with Crippen LogP contribution in [-0.4, -0.2) is 17.6 Å². The van der Waals surface area contributed by atoms with E-state index in [1.54, 1.807) is 24.3 Å². The highest BCUT2D eigenvalue weighted by molar-refractivity contribution is 5.90. The molecule has 1 N–H and O–H groups in total. The molecule has 0 saturated heterocycles. The van der Waals surface area contributed by atoms with Gasteiger partial charge in [0.05, 0.1) is 17.2 Å². The maximum absolute atomic E-state index is 11.3. The Morgan fingerprint density at radius 3 is 2.62 bits per heavy atom. The number of anilines is 1. The number of carboxylic acid groups (broad SMARTS) is 1. The van der Waals surface area contributed by atoms with Crippen LogP contribution in [0.1, 0.15) is 27.0 Å². The summed E-state index contributed by atoms with van der Waals surface area (Å²) in [5.74, 6) is -0.862. The third-order valence-electron chi connectivity index (χ3n) is 3.86. The van der Waals surface area contributed by atoms with Crippen molar-refractivity contribution >= 4 is 11.7 Å². The molecule has 0 unspecified atom stereocenters. The van der Waals surface area contributed by atoms with Crippen molar-refractivity contribution in [2.45, 2.75) is 13.0 Å². The van der Waals surface area contributed by atoms with Crippen molar-refractivity contribution in [3.05, 3.63) is 64.7 Å². The minimum Gasteiger partial charge on any atom is -0.478 e. The minimum absolute atomic E-state index is 0.409. The van der Waals surface area contributed by atoms with E-state index >= 15 is 0 Å². The summed E-state index contributed by atoms with van der Waals surface area (Å²) in [5.41, 5.74) is 4.11. The van der Waals surface area contributed by atoms with E-state index in [1.165, 1.54) is 0 Å². The van der Waals surface area contributed by atoms with E-state index in [-0.39, 0.29) is 0 Å². The van der Waals surface area contributed by atoms with Crippen molar-refractivity contribution in [3.8, 4) is 6.07 Å². The highest BCUT2D eigenvalue weighted by Crippen LogP contribution is 2.26. The lowest BCUT2D eigenvalue weighted by molar-refractivity contribution is 0.0695. The molecule has 2 aromatic rings. The van der Waals surface area contributed by atoms with Crippen LogP contribution in [-0.2, 0) is 13.0 Å². The molecule has 1 heterocycles. The second kappa shape index (κ2) is 5.29. The zero-order chi connectivity index (χ0) is 14.8. The van der Waals surface area contributed by atoms with E-state index in [2.05, 4.69) is 11.0 Å². The Labute approximate surface area is 122 Å². The maximum atomic E-state index is 11.3. The van der Waals surface area contributed by atoms with Crippen molar-refractivity contribution in [1.82, 2.24) is 0 Å². The van der Waals surface area contributed by atoms with Gasteiger partial charge in [-0.15, -0.1) is 0 Å². The van der Waals surface area contributed by atoms with Gasteiger partial charge in [-0.05, 0) is 47.9 Å². The summed E-state index contributed by atoms with van der Waals surface area (Å²) in [7, 11) is 0. The molecule has 1 aliphatic heterocycles. The van der Waals surface area contributed by atoms with Crippen LogP contribution >= 0.6 is 0 Å². The second-order valence-electron chi connectivity index (χ2n) is 5.08. The molecule has 1 aliphatic rings. The fraction of sp³-hybridized carbons (Fsp3) is 0.176. The molecule has 0 atom stereocenters. The Bertz CT molecular complexity index is 729. The molecule has 0 amide bonds. The summed E-state index contributed by atoms with van der Waals surface area (Å²) in [6, 6.07) is 15.0. The lowest BCUT2D eigenvalue weighted by Gasteiger charge is -2.31. The van der Waals surface area contributed by atoms with E-state index in [9.17, 15) is 9.90 Å². The molecule has 104 valence electrons. The van der Waals surface area contributed by atoms with Gasteiger partial charge in [-0.2, -0.15) is 5.26 Å². The monoisotopic (exact) mass is 278 g/mol. The quantitative estimate of drug-likeness (QED) is 0.917. The predicted molar refractivity (Wildman–Crippen MR) is 79.3 cm³/mol. The number of fused-ring (bicyclic) bond motifs is 1. The summed E-state index contributed by atoms with van der Waals surface area (Å²) >= 11 is 0. The van der Waals surface area contributed by atoms with Gasteiger partial charge in [-0.1, -0.05) is 12.1 Å². The number of carbonyl (C=O) groups is 1. The lowest BCUT2D eigenvalue weighted by atomic mass is 9.94. The van der Waals surface area contributed by atoms with Gasteiger partial charge in [0, 0.05) is 18.8 Å². The van der Waals surface area contributed by atoms with Gasteiger partial charge in [0.1, 0.15) is 0 Å². The maximum Gasteiger partial charge on any atom is 0.335 e. The molecule has 0 saturated carbocycles. The molecule has 0 radical (unpaired) electrons. The lowest BCUT2D eigenvalue weighted by Crippen LogP contribution is -2.31. The Hall–Kier alpha value is -2.80. The molecule has 0 aliphatic carbocycles. The highest BCUT2D eigenvalue weighted by atomic mass is 16.4. The largest absolute Gasteiger partial charge is 0.478 e. The van der Waals surface area contributed by atoms with Gasteiger partial charge >= 0.3 is 5.97 Å². The standard InChI is InChI=1S/C17H14N2O2/c18-10-12-4-6-14(7-5-12)19-9-8-15-13(11-19)2-1-3-16(15)17(20)21/h1-7H,8-9,11H2,(H,20,21). The number of hydrogen-bond donors (Lipinski definition) is 1. The minimum atomic E-state index is -0.862. The van der Waals surface area contributed by atoms with Gasteiger partial charge in [-0.25, -0.2) is 4.79 Å². The smallest absolute Gasteiger partial charge is 0.335 e. The van der Waals surface area contributed by atoms with Crippen LogP contribution < -0.4 is 4.90 Å². The average Bonchev–Trinajstić information content (AvgIpc) is 2.53. The molecule has 0 aromatic heterocycles. The molecule has 0 bridgehead atoms. The molecule has 0 spiro atoms. The first kappa shape index (κ1) is 13.2. The fourth-order valence-electron chi connectivity index (χ4n) is 2.78. The number of nitriles is 1. The molecule has 4 nitrogen and oxygen atoms in total. The summed E-state index contributed by atoms with van der Waals surface area (Å²) in [6.45, 7) is 1.48. The van der Waals surface area contributed by atoms with Crippen LogP contribution in [0.2, 0.25) is 0 Å². The SMILES string of the molecule is N#Cc1ccc(N2CCc3c(cccc3C(=O)O)C2)cc1. The number of rotatable bonds is 2. The molecular weight excluding hydrogens is 264 g/mol. The predicted octanol–water partition coefficient (Wildman–Crippen LogP) is 2.82. The molecule has 2 aromatic carbocycles. The Morgan fingerprint density at radius 2 is 1.95 bits per heavy atom. The fourth-order valence-corrected chi connectivity index (χ4v) is 2.78. The van der Waals surface area contributed by atoms with Gasteiger partial charge in [0.25, 0.3) is 0 Å². The van der Waals surface area contributed by atoms with Gasteiger partial charge in [0.15, 0.2) is 0 Å². The van der Waals surface area contributed by atoms with E-state index < -0.39 is 5.97 Å². The van der Waals surface area contributed by atoms with Gasteiger partial charge < -0.3 is 10.0 Å². The van der Waals surface area contributed by atoms with E-state index in [0.717, 1.165) is 29.8 Å². The van der Waals surface area contributed by atoms with Gasteiger partial charge in [-0.3, -0.25) is 0 Å².